The van der Waals surface area contributed by atoms with Crippen LogP contribution in [0.15, 0.2) is 0 Å². The predicted octanol–water partition coefficient (Wildman–Crippen LogP) is 6.45. The molecule has 0 saturated heterocycles. The van der Waals surface area contributed by atoms with Crippen molar-refractivity contribution in [3.05, 3.63) is 0 Å². The van der Waals surface area contributed by atoms with Crippen LogP contribution in [0.1, 0.15) is 83.1 Å². The molecule has 0 fully saturated rings. The van der Waals surface area contributed by atoms with E-state index in [1.807, 2.05) is 0 Å². The Kier molecular flexibility index (Phi) is 9.00. The number of hydrogen-bond donors (Lipinski definition) is 0. The van der Waals surface area contributed by atoms with Gasteiger partial charge in [0.05, 0.1) is 22.4 Å². The first-order valence-corrected chi connectivity index (χ1v) is 11.8. The highest BCUT2D eigenvalue weighted by atomic mass is 31.2. The molecule has 27 heavy (non-hydrogen) atoms. The normalized spacial score (nSPS) is 15.3. The number of phosphoric ester groups is 2. The molecule has 0 heterocycles. The Morgan fingerprint density at radius 1 is 0.481 bits per heavy atom. The van der Waals surface area contributed by atoms with Crippen LogP contribution >= 0.6 is 15.6 Å². The molecule has 0 aromatic carbocycles. The minimum atomic E-state index is -4.01. The van der Waals surface area contributed by atoms with Gasteiger partial charge in [0.25, 0.3) is 0 Å². The average Bonchev–Trinajstić information content (AvgIpc) is 2.14. The Hall–Kier alpha value is 0.220. The van der Waals surface area contributed by atoms with Crippen molar-refractivity contribution in [2.24, 2.45) is 0 Å². The maximum absolute atomic E-state index is 13.0. The highest BCUT2D eigenvalue weighted by Crippen LogP contribution is 2.59. The monoisotopic (exact) mass is 432 g/mol. The van der Waals surface area contributed by atoms with Crippen molar-refractivity contribution < 1.29 is 36.3 Å². The Morgan fingerprint density at radius 3 is 0.815 bits per heavy atom. The molecule has 0 spiro atoms. The lowest BCUT2D eigenvalue weighted by Crippen LogP contribution is -2.26. The molecule has 164 valence electrons. The van der Waals surface area contributed by atoms with Gasteiger partial charge >= 0.3 is 15.6 Å². The zero-order valence-electron chi connectivity index (χ0n) is 18.9. The minimum absolute atomic E-state index is 0.660. The molecule has 0 aliphatic heterocycles. The van der Waals surface area contributed by atoms with Gasteiger partial charge in [0.1, 0.15) is 0 Å². The minimum Gasteiger partial charge on any atom is -0.281 e. The van der Waals surface area contributed by atoms with Crippen molar-refractivity contribution in [3.8, 4) is 0 Å². The first kappa shape index (κ1) is 27.2. The fourth-order valence-corrected chi connectivity index (χ4v) is 5.05. The van der Waals surface area contributed by atoms with Crippen LogP contribution in [0.3, 0.4) is 0 Å². The molecule has 0 N–H and O–H groups in total. The quantitative estimate of drug-likeness (QED) is 0.319. The maximum Gasteiger partial charge on any atom is 0.477 e. The summed E-state index contributed by atoms with van der Waals surface area (Å²) in [6.07, 6.45) is 0. The summed E-state index contributed by atoms with van der Waals surface area (Å²) in [6.45, 7) is 19.9. The van der Waals surface area contributed by atoms with Gasteiger partial charge in [0.15, 0.2) is 6.79 Å². The van der Waals surface area contributed by atoms with Crippen LogP contribution < -0.4 is 0 Å². The van der Waals surface area contributed by atoms with E-state index in [2.05, 4.69) is 0 Å². The third-order valence-corrected chi connectivity index (χ3v) is 5.89. The van der Waals surface area contributed by atoms with Crippen LogP contribution in [0.4, 0.5) is 0 Å². The molecule has 0 radical (unpaired) electrons. The average molecular weight is 432 g/mol. The van der Waals surface area contributed by atoms with Crippen LogP contribution in [0.2, 0.25) is 0 Å². The lowest BCUT2D eigenvalue weighted by atomic mass is 10.2. The van der Waals surface area contributed by atoms with Crippen LogP contribution in [-0.2, 0) is 36.3 Å². The molecule has 0 aromatic heterocycles. The Labute approximate surface area is 164 Å². The summed E-state index contributed by atoms with van der Waals surface area (Å²) in [4.78, 5) is 0. The second-order valence-corrected chi connectivity index (χ2v) is 13.1. The molecule has 0 bridgehead atoms. The summed E-state index contributed by atoms with van der Waals surface area (Å²) in [5.74, 6) is 0. The molecule has 0 atom stereocenters. The third-order valence-electron chi connectivity index (χ3n) is 1.96. The van der Waals surface area contributed by atoms with Crippen LogP contribution in [-0.4, -0.2) is 29.2 Å². The van der Waals surface area contributed by atoms with Gasteiger partial charge in [-0.25, -0.2) is 9.13 Å². The summed E-state index contributed by atoms with van der Waals surface area (Å²) < 4.78 is 58.4. The van der Waals surface area contributed by atoms with Gasteiger partial charge in [-0.05, 0) is 83.1 Å². The summed E-state index contributed by atoms with van der Waals surface area (Å²) in [7, 11) is -8.02. The van der Waals surface area contributed by atoms with Gasteiger partial charge in [0, 0.05) is 0 Å². The van der Waals surface area contributed by atoms with E-state index in [1.54, 1.807) is 83.1 Å². The van der Waals surface area contributed by atoms with E-state index in [-0.39, 0.29) is 0 Å². The standard InChI is InChI=1S/C17H38O8P2/c1-14(2,3)22-26(18,23-15(4,5)6)20-13-21-27(19,24-16(7,8)9)25-17(10,11)12/h13H2,1-12H3. The van der Waals surface area contributed by atoms with Crippen molar-refractivity contribution in [1.82, 2.24) is 0 Å². The van der Waals surface area contributed by atoms with E-state index in [0.717, 1.165) is 0 Å². The second-order valence-electron chi connectivity index (χ2n) is 10.1. The van der Waals surface area contributed by atoms with Crippen molar-refractivity contribution in [1.29, 1.82) is 0 Å². The molecule has 8 nitrogen and oxygen atoms in total. The lowest BCUT2D eigenvalue weighted by molar-refractivity contribution is -0.0452. The molecule has 10 heteroatoms. The van der Waals surface area contributed by atoms with Gasteiger partial charge < -0.3 is 0 Å². The number of phosphoric acid groups is 2. The van der Waals surface area contributed by atoms with Crippen LogP contribution in [0, 0.1) is 0 Å². The van der Waals surface area contributed by atoms with E-state index in [4.69, 9.17) is 27.1 Å². The lowest BCUT2D eigenvalue weighted by Gasteiger charge is -2.32. The Balaban J connectivity index is 5.32. The van der Waals surface area contributed by atoms with Gasteiger partial charge in [-0.15, -0.1) is 0 Å². The molecular weight excluding hydrogens is 394 g/mol. The van der Waals surface area contributed by atoms with E-state index < -0.39 is 44.8 Å². The van der Waals surface area contributed by atoms with Crippen molar-refractivity contribution >= 4 is 15.6 Å². The van der Waals surface area contributed by atoms with E-state index in [1.165, 1.54) is 0 Å². The summed E-state index contributed by atoms with van der Waals surface area (Å²) in [5, 5.41) is 0. The number of hydrogen-bond acceptors (Lipinski definition) is 8. The van der Waals surface area contributed by atoms with E-state index in [9.17, 15) is 9.13 Å². The van der Waals surface area contributed by atoms with Crippen LogP contribution in [0.5, 0.6) is 0 Å². The smallest absolute Gasteiger partial charge is 0.281 e. The van der Waals surface area contributed by atoms with Gasteiger partial charge in [-0.1, -0.05) is 0 Å². The van der Waals surface area contributed by atoms with Gasteiger partial charge in [0.2, 0.25) is 0 Å². The highest BCUT2D eigenvalue weighted by Gasteiger charge is 2.41. The SMILES string of the molecule is CC(C)(C)OP(=O)(OCOP(=O)(OC(C)(C)C)OC(C)(C)C)OC(C)(C)C. The molecule has 0 aromatic rings. The molecule has 0 rings (SSSR count). The van der Waals surface area contributed by atoms with E-state index >= 15 is 0 Å². The molecular formula is C17H38O8P2. The van der Waals surface area contributed by atoms with Gasteiger partial charge in [-0.2, -0.15) is 0 Å². The maximum atomic E-state index is 13.0. The van der Waals surface area contributed by atoms with Crippen molar-refractivity contribution in [2.45, 2.75) is 105 Å². The predicted molar refractivity (Wildman–Crippen MR) is 106 cm³/mol. The topological polar surface area (TPSA) is 89.5 Å². The summed E-state index contributed by atoms with van der Waals surface area (Å²) in [6, 6.07) is 0. The first-order chi connectivity index (χ1) is 11.5. The highest BCUT2D eigenvalue weighted by molar-refractivity contribution is 7.49. The Bertz CT molecular complexity index is 471. The van der Waals surface area contributed by atoms with Gasteiger partial charge in [-0.3, -0.25) is 27.1 Å². The summed E-state index contributed by atoms with van der Waals surface area (Å²) >= 11 is 0. The van der Waals surface area contributed by atoms with Crippen LogP contribution in [0.25, 0.3) is 0 Å². The third kappa shape index (κ3) is 14.8. The molecule has 0 aliphatic rings. The molecule has 0 aliphatic carbocycles. The van der Waals surface area contributed by atoms with E-state index in [0.29, 0.717) is 0 Å². The largest absolute Gasteiger partial charge is 0.477 e. The molecule has 0 saturated carbocycles. The van der Waals surface area contributed by atoms with Crippen molar-refractivity contribution in [2.75, 3.05) is 6.79 Å². The molecule has 0 amide bonds. The fraction of sp³-hybridized carbons (Fsp3) is 1.00. The zero-order chi connectivity index (χ0) is 21.9. The fourth-order valence-electron chi connectivity index (χ4n) is 1.64. The first-order valence-electron chi connectivity index (χ1n) is 8.85. The van der Waals surface area contributed by atoms with Crippen molar-refractivity contribution in [3.63, 3.8) is 0 Å². The number of rotatable bonds is 8. The summed E-state index contributed by atoms with van der Waals surface area (Å²) in [5.41, 5.74) is -3.19. The zero-order valence-corrected chi connectivity index (χ0v) is 20.7. The molecule has 0 unspecified atom stereocenters. The Morgan fingerprint density at radius 2 is 0.667 bits per heavy atom. The second kappa shape index (κ2) is 8.93.